The zero-order chi connectivity index (χ0) is 14.1. The van der Waals surface area contributed by atoms with Gasteiger partial charge in [-0.25, -0.2) is 4.98 Å². The number of ether oxygens (including phenoxy) is 2. The van der Waals surface area contributed by atoms with Gasteiger partial charge in [-0.15, -0.1) is 0 Å². The van der Waals surface area contributed by atoms with Crippen LogP contribution < -0.4 is 15.2 Å². The lowest BCUT2D eigenvalue weighted by Crippen LogP contribution is -2.12. The summed E-state index contributed by atoms with van der Waals surface area (Å²) in [5, 5.41) is 0. The van der Waals surface area contributed by atoms with E-state index in [9.17, 15) is 0 Å². The van der Waals surface area contributed by atoms with Crippen molar-refractivity contribution in [2.45, 2.75) is 25.8 Å². The third kappa shape index (κ3) is 1.99. The second kappa shape index (κ2) is 5.07. The number of aromatic nitrogens is 2. The fourth-order valence-corrected chi connectivity index (χ4v) is 2.70. The summed E-state index contributed by atoms with van der Waals surface area (Å²) < 4.78 is 12.7. The lowest BCUT2D eigenvalue weighted by atomic mass is 10.1. The molecule has 1 aromatic carbocycles. The first-order valence-electron chi connectivity index (χ1n) is 6.82. The van der Waals surface area contributed by atoms with Gasteiger partial charge in [0.2, 0.25) is 0 Å². The van der Waals surface area contributed by atoms with Crippen LogP contribution in [-0.2, 0) is 13.0 Å². The Bertz CT molecular complexity index is 634. The fraction of sp³-hybridized carbons (Fsp3) is 0.400. The Morgan fingerprint density at radius 1 is 1.15 bits per heavy atom. The molecule has 5 heteroatoms. The second-order valence-electron chi connectivity index (χ2n) is 4.94. The summed E-state index contributed by atoms with van der Waals surface area (Å²) in [5.74, 6) is 3.22. The van der Waals surface area contributed by atoms with Crippen molar-refractivity contribution < 1.29 is 9.47 Å². The Balaban J connectivity index is 2.07. The third-order valence-corrected chi connectivity index (χ3v) is 3.77. The van der Waals surface area contributed by atoms with Crippen molar-refractivity contribution in [2.24, 2.45) is 0 Å². The average molecular weight is 273 g/mol. The van der Waals surface area contributed by atoms with E-state index in [0.717, 1.165) is 35.9 Å². The predicted octanol–water partition coefficient (Wildman–Crippen LogP) is 2.49. The van der Waals surface area contributed by atoms with Gasteiger partial charge in [-0.1, -0.05) is 0 Å². The number of hydrogen-bond acceptors (Lipinski definition) is 4. The van der Waals surface area contributed by atoms with E-state index in [0.29, 0.717) is 11.5 Å². The Hall–Kier alpha value is -2.17. The molecule has 0 saturated heterocycles. The zero-order valence-electron chi connectivity index (χ0n) is 11.8. The number of methoxy groups -OCH3 is 2. The van der Waals surface area contributed by atoms with Crippen molar-refractivity contribution in [3.05, 3.63) is 24.0 Å². The second-order valence-corrected chi connectivity index (χ2v) is 4.94. The van der Waals surface area contributed by atoms with Gasteiger partial charge in [-0.3, -0.25) is 0 Å². The molecule has 0 atom stereocenters. The smallest absolute Gasteiger partial charge is 0.161 e. The number of fused-ring (bicyclic) bond motifs is 1. The lowest BCUT2D eigenvalue weighted by molar-refractivity contribution is 0.355. The van der Waals surface area contributed by atoms with Crippen LogP contribution in [0.3, 0.4) is 0 Å². The SMILES string of the molecule is COc1ccc(-c2nc3n(c2N)CCCC3)cc1OC. The molecule has 0 aliphatic carbocycles. The van der Waals surface area contributed by atoms with E-state index in [1.807, 2.05) is 18.2 Å². The van der Waals surface area contributed by atoms with E-state index in [1.165, 1.54) is 12.8 Å². The van der Waals surface area contributed by atoms with Crippen molar-refractivity contribution in [3.8, 4) is 22.8 Å². The Labute approximate surface area is 118 Å². The van der Waals surface area contributed by atoms with Gasteiger partial charge in [0.15, 0.2) is 11.5 Å². The predicted molar refractivity (Wildman–Crippen MR) is 78.1 cm³/mol. The van der Waals surface area contributed by atoms with Crippen LogP contribution in [0.5, 0.6) is 11.5 Å². The maximum atomic E-state index is 6.25. The standard InChI is InChI=1S/C15H19N3O2/c1-19-11-7-6-10(9-12(11)20-2)14-15(16)18-8-4-3-5-13(18)17-14/h6-7,9H,3-5,8,16H2,1-2H3. The number of hydrogen-bond donors (Lipinski definition) is 1. The van der Waals surface area contributed by atoms with Gasteiger partial charge in [-0.2, -0.15) is 0 Å². The van der Waals surface area contributed by atoms with Crippen molar-refractivity contribution in [3.63, 3.8) is 0 Å². The Kier molecular flexibility index (Phi) is 3.26. The molecule has 5 nitrogen and oxygen atoms in total. The van der Waals surface area contributed by atoms with E-state index in [4.69, 9.17) is 20.2 Å². The van der Waals surface area contributed by atoms with Crippen LogP contribution in [0.15, 0.2) is 18.2 Å². The number of nitrogens with zero attached hydrogens (tertiary/aromatic N) is 2. The molecule has 106 valence electrons. The molecule has 0 spiro atoms. The highest BCUT2D eigenvalue weighted by Gasteiger charge is 2.19. The first-order valence-corrected chi connectivity index (χ1v) is 6.82. The quantitative estimate of drug-likeness (QED) is 0.933. The van der Waals surface area contributed by atoms with Gasteiger partial charge in [0.05, 0.1) is 14.2 Å². The third-order valence-electron chi connectivity index (χ3n) is 3.77. The van der Waals surface area contributed by atoms with E-state index in [1.54, 1.807) is 14.2 Å². The van der Waals surface area contributed by atoms with Gasteiger partial charge in [0.1, 0.15) is 17.3 Å². The van der Waals surface area contributed by atoms with Crippen LogP contribution >= 0.6 is 0 Å². The topological polar surface area (TPSA) is 62.3 Å². The molecule has 2 heterocycles. The minimum Gasteiger partial charge on any atom is -0.493 e. The highest BCUT2D eigenvalue weighted by Crippen LogP contribution is 2.35. The molecular formula is C15H19N3O2. The van der Waals surface area contributed by atoms with Crippen molar-refractivity contribution in [1.29, 1.82) is 0 Å². The minimum absolute atomic E-state index is 0.690. The summed E-state index contributed by atoms with van der Waals surface area (Å²) in [5.41, 5.74) is 8.04. The molecule has 0 bridgehead atoms. The van der Waals surface area contributed by atoms with Crippen molar-refractivity contribution in [1.82, 2.24) is 9.55 Å². The number of nitrogen functional groups attached to an aromatic ring is 1. The molecule has 0 unspecified atom stereocenters. The van der Waals surface area contributed by atoms with E-state index < -0.39 is 0 Å². The fourth-order valence-electron chi connectivity index (χ4n) is 2.70. The maximum Gasteiger partial charge on any atom is 0.161 e. The lowest BCUT2D eigenvalue weighted by Gasteiger charge is -2.14. The molecule has 2 aromatic rings. The molecule has 0 amide bonds. The monoisotopic (exact) mass is 273 g/mol. The molecule has 2 N–H and O–H groups in total. The number of nitrogens with two attached hydrogens (primary N) is 1. The number of benzene rings is 1. The summed E-state index contributed by atoms with van der Waals surface area (Å²) in [6.45, 7) is 0.960. The number of imidazole rings is 1. The number of rotatable bonds is 3. The highest BCUT2D eigenvalue weighted by molar-refractivity contribution is 5.73. The molecule has 1 aliphatic rings. The summed E-state index contributed by atoms with van der Waals surface area (Å²) in [6, 6.07) is 5.77. The van der Waals surface area contributed by atoms with Gasteiger partial charge < -0.3 is 19.8 Å². The van der Waals surface area contributed by atoms with Crippen molar-refractivity contribution >= 4 is 5.82 Å². The molecular weight excluding hydrogens is 254 g/mol. The molecule has 20 heavy (non-hydrogen) atoms. The van der Waals surface area contributed by atoms with Crippen molar-refractivity contribution in [2.75, 3.05) is 20.0 Å². The van der Waals surface area contributed by atoms with Gasteiger partial charge in [-0.05, 0) is 31.0 Å². The zero-order valence-corrected chi connectivity index (χ0v) is 11.8. The summed E-state index contributed by atoms with van der Waals surface area (Å²) in [6.07, 6.45) is 3.35. The first kappa shape index (κ1) is 12.8. The van der Waals surface area contributed by atoms with Crippen LogP contribution in [0.25, 0.3) is 11.3 Å². The molecule has 3 rings (SSSR count). The van der Waals surface area contributed by atoms with Gasteiger partial charge >= 0.3 is 0 Å². The molecule has 0 saturated carbocycles. The van der Waals surface area contributed by atoms with Crippen LogP contribution in [0.2, 0.25) is 0 Å². The maximum absolute atomic E-state index is 6.25. The molecule has 0 fully saturated rings. The van der Waals surface area contributed by atoms with Crippen LogP contribution in [0.1, 0.15) is 18.7 Å². The molecule has 1 aliphatic heterocycles. The van der Waals surface area contributed by atoms with Crippen LogP contribution in [-0.4, -0.2) is 23.8 Å². The first-order chi connectivity index (χ1) is 9.74. The largest absolute Gasteiger partial charge is 0.493 e. The minimum atomic E-state index is 0.690. The molecule has 1 aromatic heterocycles. The van der Waals surface area contributed by atoms with Crippen LogP contribution in [0.4, 0.5) is 5.82 Å². The molecule has 0 radical (unpaired) electrons. The number of anilines is 1. The van der Waals surface area contributed by atoms with Crippen LogP contribution in [0, 0.1) is 0 Å². The average Bonchev–Trinajstić information content (AvgIpc) is 2.84. The Morgan fingerprint density at radius 2 is 1.95 bits per heavy atom. The highest BCUT2D eigenvalue weighted by atomic mass is 16.5. The van der Waals surface area contributed by atoms with Gasteiger partial charge in [0, 0.05) is 18.5 Å². The summed E-state index contributed by atoms with van der Waals surface area (Å²) in [4.78, 5) is 4.69. The Morgan fingerprint density at radius 3 is 2.65 bits per heavy atom. The number of aryl methyl sites for hydroxylation is 1. The summed E-state index contributed by atoms with van der Waals surface area (Å²) >= 11 is 0. The van der Waals surface area contributed by atoms with E-state index in [2.05, 4.69) is 4.57 Å². The van der Waals surface area contributed by atoms with E-state index in [-0.39, 0.29) is 0 Å². The van der Waals surface area contributed by atoms with Gasteiger partial charge in [0.25, 0.3) is 0 Å². The summed E-state index contributed by atoms with van der Waals surface area (Å²) in [7, 11) is 3.25. The van der Waals surface area contributed by atoms with E-state index >= 15 is 0 Å². The normalized spacial score (nSPS) is 13.9.